The van der Waals surface area contributed by atoms with E-state index in [9.17, 15) is 26.7 Å². The maximum Gasteiger partial charge on any atom is 0.425 e. The van der Waals surface area contributed by atoms with Crippen LogP contribution in [-0.2, 0) is 16.9 Å². The average Bonchev–Trinajstić information content (AvgIpc) is 3.37. The van der Waals surface area contributed by atoms with Crippen molar-refractivity contribution in [2.45, 2.75) is 30.8 Å². The van der Waals surface area contributed by atoms with E-state index < -0.39 is 54.2 Å². The van der Waals surface area contributed by atoms with Gasteiger partial charge in [0, 0.05) is 17.7 Å². The van der Waals surface area contributed by atoms with Gasteiger partial charge in [0.15, 0.2) is 12.7 Å². The van der Waals surface area contributed by atoms with E-state index in [-0.39, 0.29) is 23.9 Å². The first-order valence-electron chi connectivity index (χ1n) is 10.2. The molecule has 3 N–H and O–H groups in total. The SMILES string of the molecule is NC1=NC(CF)(c2cc(NC(=O)c3cnc(OCc4ncco4)cn3)ccc2F)CC(C(F)(F)F)O1. The Morgan fingerprint density at radius 3 is 2.69 bits per heavy atom. The van der Waals surface area contributed by atoms with Crippen LogP contribution in [0.3, 0.4) is 0 Å². The lowest BCUT2D eigenvalue weighted by atomic mass is 9.84. The van der Waals surface area contributed by atoms with Gasteiger partial charge in [-0.25, -0.2) is 28.7 Å². The minimum absolute atomic E-state index is 0.0187. The zero-order valence-electron chi connectivity index (χ0n) is 18.1. The van der Waals surface area contributed by atoms with Crippen LogP contribution in [0.2, 0.25) is 0 Å². The lowest BCUT2D eigenvalue weighted by molar-refractivity contribution is -0.209. The third-order valence-electron chi connectivity index (χ3n) is 5.11. The Bertz CT molecular complexity index is 1250. The lowest BCUT2D eigenvalue weighted by Crippen LogP contribution is -2.48. The molecule has 1 aromatic carbocycles. The molecule has 3 aromatic rings. The quantitative estimate of drug-likeness (QED) is 0.460. The van der Waals surface area contributed by atoms with Crippen molar-refractivity contribution < 1.29 is 40.6 Å². The number of carbonyl (C=O) groups is 1. The first-order valence-corrected chi connectivity index (χ1v) is 10.2. The molecule has 4 rings (SSSR count). The van der Waals surface area contributed by atoms with Crippen LogP contribution < -0.4 is 15.8 Å². The van der Waals surface area contributed by atoms with Crippen molar-refractivity contribution in [1.82, 2.24) is 15.0 Å². The summed E-state index contributed by atoms with van der Waals surface area (Å²) in [6, 6.07) is 2.04. The molecule has 3 heterocycles. The van der Waals surface area contributed by atoms with Crippen molar-refractivity contribution in [3.8, 4) is 5.88 Å². The molecule has 1 amide bonds. The predicted molar refractivity (Wildman–Crippen MR) is 112 cm³/mol. The number of alkyl halides is 4. The number of hydrogen-bond donors (Lipinski definition) is 2. The van der Waals surface area contributed by atoms with Gasteiger partial charge >= 0.3 is 6.18 Å². The van der Waals surface area contributed by atoms with E-state index in [0.717, 1.165) is 24.4 Å². The molecule has 0 saturated carbocycles. The maximum atomic E-state index is 14.7. The number of nitrogens with zero attached hydrogens (tertiary/aromatic N) is 4. The summed E-state index contributed by atoms with van der Waals surface area (Å²) in [5, 5.41) is 2.40. The van der Waals surface area contributed by atoms with Crippen LogP contribution >= 0.6 is 0 Å². The molecule has 190 valence electrons. The van der Waals surface area contributed by atoms with Crippen molar-refractivity contribution in [3.63, 3.8) is 0 Å². The van der Waals surface area contributed by atoms with Crippen molar-refractivity contribution in [3.05, 3.63) is 66.0 Å². The summed E-state index contributed by atoms with van der Waals surface area (Å²) < 4.78 is 83.3. The van der Waals surface area contributed by atoms with Gasteiger partial charge in [-0.15, -0.1) is 0 Å². The third-order valence-corrected chi connectivity index (χ3v) is 5.11. The molecule has 1 aliphatic heterocycles. The maximum absolute atomic E-state index is 14.7. The second-order valence-electron chi connectivity index (χ2n) is 7.57. The van der Waals surface area contributed by atoms with Crippen molar-refractivity contribution in [2.75, 3.05) is 12.0 Å². The number of anilines is 1. The van der Waals surface area contributed by atoms with Gasteiger partial charge < -0.3 is 24.9 Å². The summed E-state index contributed by atoms with van der Waals surface area (Å²) in [5.74, 6) is -1.45. The van der Waals surface area contributed by atoms with Gasteiger partial charge in [-0.3, -0.25) is 4.79 Å². The molecule has 36 heavy (non-hydrogen) atoms. The number of nitrogens with two attached hydrogens (primary N) is 1. The fraction of sp³-hybridized carbons (Fsp3) is 0.286. The molecule has 0 fully saturated rings. The highest BCUT2D eigenvalue weighted by Crippen LogP contribution is 2.42. The van der Waals surface area contributed by atoms with Crippen LogP contribution in [-0.4, -0.2) is 45.8 Å². The summed E-state index contributed by atoms with van der Waals surface area (Å²) >= 11 is 0. The second-order valence-corrected chi connectivity index (χ2v) is 7.57. The number of amidine groups is 1. The van der Waals surface area contributed by atoms with E-state index in [1.165, 1.54) is 18.7 Å². The Labute approximate surface area is 199 Å². The van der Waals surface area contributed by atoms with Gasteiger partial charge in [0.05, 0.1) is 18.6 Å². The van der Waals surface area contributed by atoms with Crippen LogP contribution in [0.15, 0.2) is 52.5 Å². The highest BCUT2D eigenvalue weighted by Gasteiger charge is 2.52. The van der Waals surface area contributed by atoms with Crippen molar-refractivity contribution in [2.24, 2.45) is 10.7 Å². The van der Waals surface area contributed by atoms with Crippen molar-refractivity contribution >= 4 is 17.6 Å². The van der Waals surface area contributed by atoms with Gasteiger partial charge in [0.1, 0.15) is 30.0 Å². The first kappa shape index (κ1) is 24.8. The Balaban J connectivity index is 1.52. The van der Waals surface area contributed by atoms with Crippen LogP contribution in [0.25, 0.3) is 0 Å². The predicted octanol–water partition coefficient (Wildman–Crippen LogP) is 3.27. The minimum atomic E-state index is -4.90. The van der Waals surface area contributed by atoms with Crippen LogP contribution in [0, 0.1) is 5.82 Å². The van der Waals surface area contributed by atoms with Gasteiger partial charge in [0.2, 0.25) is 11.8 Å². The van der Waals surface area contributed by atoms with Gasteiger partial charge in [-0.05, 0) is 18.2 Å². The van der Waals surface area contributed by atoms with Crippen molar-refractivity contribution in [1.29, 1.82) is 0 Å². The number of aromatic nitrogens is 3. The molecular formula is C21H17F5N6O4. The highest BCUT2D eigenvalue weighted by molar-refractivity contribution is 6.02. The fourth-order valence-corrected chi connectivity index (χ4v) is 3.41. The molecule has 0 saturated heterocycles. The Kier molecular flexibility index (Phi) is 6.72. The molecule has 0 aliphatic carbocycles. The zero-order valence-corrected chi connectivity index (χ0v) is 18.1. The molecule has 2 unspecified atom stereocenters. The number of hydrogen-bond acceptors (Lipinski definition) is 9. The Morgan fingerprint density at radius 2 is 2.06 bits per heavy atom. The van der Waals surface area contributed by atoms with Gasteiger partial charge in [-0.1, -0.05) is 0 Å². The number of aliphatic imine (C=N–C) groups is 1. The monoisotopic (exact) mass is 512 g/mol. The lowest BCUT2D eigenvalue weighted by Gasteiger charge is -2.36. The smallest absolute Gasteiger partial charge is 0.425 e. The molecule has 0 spiro atoms. The van der Waals surface area contributed by atoms with Crippen LogP contribution in [0.1, 0.15) is 28.4 Å². The molecule has 2 atom stereocenters. The number of halogens is 5. The summed E-state index contributed by atoms with van der Waals surface area (Å²) in [6.07, 6.45) is -3.37. The Morgan fingerprint density at radius 1 is 1.25 bits per heavy atom. The number of carbonyl (C=O) groups excluding carboxylic acids is 1. The number of nitrogens with one attached hydrogen (secondary N) is 1. The minimum Gasteiger partial charge on any atom is -0.467 e. The highest BCUT2D eigenvalue weighted by atomic mass is 19.4. The van der Waals surface area contributed by atoms with E-state index >= 15 is 0 Å². The summed E-state index contributed by atoms with van der Waals surface area (Å²) in [6.45, 7) is -1.52. The van der Waals surface area contributed by atoms with Crippen LogP contribution in [0.4, 0.5) is 27.6 Å². The van der Waals surface area contributed by atoms with Gasteiger partial charge in [0.25, 0.3) is 11.9 Å². The average molecular weight is 512 g/mol. The summed E-state index contributed by atoms with van der Waals surface area (Å²) in [7, 11) is 0. The normalized spacial score (nSPS) is 19.8. The third kappa shape index (κ3) is 5.34. The number of benzene rings is 1. The van der Waals surface area contributed by atoms with Crippen LogP contribution in [0.5, 0.6) is 5.88 Å². The molecule has 15 heteroatoms. The fourth-order valence-electron chi connectivity index (χ4n) is 3.41. The number of amides is 1. The molecular weight excluding hydrogens is 495 g/mol. The topological polar surface area (TPSA) is 138 Å². The zero-order chi connectivity index (χ0) is 25.9. The van der Waals surface area contributed by atoms with Gasteiger partial charge in [-0.2, -0.15) is 13.2 Å². The first-order chi connectivity index (χ1) is 17.1. The van der Waals surface area contributed by atoms with E-state index in [0.29, 0.717) is 5.89 Å². The molecule has 2 aromatic heterocycles. The van der Waals surface area contributed by atoms with E-state index in [4.69, 9.17) is 14.9 Å². The number of oxazole rings is 1. The summed E-state index contributed by atoms with van der Waals surface area (Å²) in [5.41, 5.74) is 2.29. The molecule has 0 bridgehead atoms. The van der Waals surface area contributed by atoms with E-state index in [1.54, 1.807) is 0 Å². The standard InChI is InChI=1S/C21H17F5N6O4/c22-10-20(6-15(21(24,25)26)36-19(27)32-20)12-5-11(1-2-13(12)23)31-18(33)14-7-30-16(8-29-14)35-9-17-28-3-4-34-17/h1-5,7-8,15H,6,9-10H2,(H2,27,32)(H,31,33). The van der Waals surface area contributed by atoms with E-state index in [2.05, 4.69) is 30.0 Å². The molecule has 10 nitrogen and oxygen atoms in total. The Hall–Kier alpha value is -4.30. The number of rotatable bonds is 7. The number of ether oxygens (including phenoxy) is 2. The van der Waals surface area contributed by atoms with E-state index in [1.807, 2.05) is 0 Å². The molecule has 1 aliphatic rings. The largest absolute Gasteiger partial charge is 0.467 e. The molecule has 0 radical (unpaired) electrons. The second kappa shape index (κ2) is 9.75. The summed E-state index contributed by atoms with van der Waals surface area (Å²) in [4.78, 5) is 27.9.